The van der Waals surface area contributed by atoms with Gasteiger partial charge in [0.15, 0.2) is 6.10 Å². The Morgan fingerprint density at radius 3 is 2.52 bits per heavy atom. The number of rotatable bonds is 9. The summed E-state index contributed by atoms with van der Waals surface area (Å²) in [5.74, 6) is -1.26. The zero-order valence-electron chi connectivity index (χ0n) is 16.3. The third-order valence-electron chi connectivity index (χ3n) is 4.10. The number of nitrogens with one attached hydrogen (secondary N) is 2. The van der Waals surface area contributed by atoms with Crippen molar-refractivity contribution >= 4 is 21.9 Å². The fourth-order valence-electron chi connectivity index (χ4n) is 2.47. The van der Waals surface area contributed by atoms with E-state index in [1.54, 1.807) is 6.92 Å². The van der Waals surface area contributed by atoms with Crippen LogP contribution in [0.5, 0.6) is 0 Å². The zero-order valence-corrected chi connectivity index (χ0v) is 17.2. The summed E-state index contributed by atoms with van der Waals surface area (Å²) in [6.45, 7) is 6.93. The lowest BCUT2D eigenvalue weighted by molar-refractivity contribution is -0.128. The number of carbonyl (C=O) groups is 2. The van der Waals surface area contributed by atoms with Crippen LogP contribution in [0.2, 0.25) is 0 Å². The third kappa shape index (κ3) is 6.27. The summed E-state index contributed by atoms with van der Waals surface area (Å²) >= 11 is 0. The molecule has 2 rings (SSSR count). The van der Waals surface area contributed by atoms with Gasteiger partial charge in [0, 0.05) is 13.1 Å². The second kappa shape index (κ2) is 9.99. The second-order valence-electron chi connectivity index (χ2n) is 6.37. The van der Waals surface area contributed by atoms with Gasteiger partial charge in [-0.3, -0.25) is 4.79 Å². The van der Waals surface area contributed by atoms with E-state index in [2.05, 4.69) is 16.6 Å². The maximum absolute atomic E-state index is 12.7. The van der Waals surface area contributed by atoms with Gasteiger partial charge in [0.05, 0.1) is 10.5 Å². The molecule has 0 spiro atoms. The van der Waals surface area contributed by atoms with Crippen molar-refractivity contribution in [2.24, 2.45) is 0 Å². The predicted molar refractivity (Wildman–Crippen MR) is 110 cm³/mol. The molecule has 0 unspecified atom stereocenters. The van der Waals surface area contributed by atoms with Crippen molar-refractivity contribution < 1.29 is 22.7 Å². The van der Waals surface area contributed by atoms with Gasteiger partial charge in [-0.25, -0.2) is 17.9 Å². The van der Waals surface area contributed by atoms with E-state index in [1.165, 1.54) is 31.2 Å². The number of ether oxygens (including phenoxy) is 1. The first-order valence-electron chi connectivity index (χ1n) is 8.98. The fraction of sp³-hybridized carbons (Fsp3) is 0.238. The first-order chi connectivity index (χ1) is 13.7. The summed E-state index contributed by atoms with van der Waals surface area (Å²) in [5.41, 5.74) is 1.33. The van der Waals surface area contributed by atoms with Crippen LogP contribution in [-0.4, -0.2) is 32.9 Å². The van der Waals surface area contributed by atoms with Crippen LogP contribution >= 0.6 is 0 Å². The van der Waals surface area contributed by atoms with E-state index < -0.39 is 28.0 Å². The standard InChI is InChI=1S/C21H24N2O5S/c1-4-12-22-20(24)16(3)28-21(25)18-11-10-15(2)19(13-18)29(26,27)23-14-17-8-6-5-7-9-17/h4-11,13,16,23H,1,12,14H2,2-3H3,(H,22,24)/t16-/m0/s1. The Hall–Kier alpha value is -2.97. The second-order valence-corrected chi connectivity index (χ2v) is 8.11. The van der Waals surface area contributed by atoms with Crippen LogP contribution in [0.4, 0.5) is 0 Å². The van der Waals surface area contributed by atoms with Crippen LogP contribution in [-0.2, 0) is 26.1 Å². The number of hydrogen-bond donors (Lipinski definition) is 2. The molecule has 0 radical (unpaired) electrons. The van der Waals surface area contributed by atoms with E-state index in [-0.39, 0.29) is 23.5 Å². The van der Waals surface area contributed by atoms with Crippen LogP contribution < -0.4 is 10.0 Å². The van der Waals surface area contributed by atoms with Crippen LogP contribution in [0.25, 0.3) is 0 Å². The van der Waals surface area contributed by atoms with Gasteiger partial charge in [0.2, 0.25) is 10.0 Å². The maximum atomic E-state index is 12.7. The smallest absolute Gasteiger partial charge is 0.338 e. The molecule has 0 saturated carbocycles. The minimum absolute atomic E-state index is 0.0216. The molecule has 29 heavy (non-hydrogen) atoms. The van der Waals surface area contributed by atoms with Crippen LogP contribution in [0.1, 0.15) is 28.4 Å². The number of amides is 1. The minimum Gasteiger partial charge on any atom is -0.449 e. The highest BCUT2D eigenvalue weighted by Gasteiger charge is 2.22. The van der Waals surface area contributed by atoms with Crippen molar-refractivity contribution in [1.29, 1.82) is 0 Å². The molecule has 1 amide bonds. The molecular weight excluding hydrogens is 392 g/mol. The summed E-state index contributed by atoms with van der Waals surface area (Å²) in [5, 5.41) is 2.53. The average Bonchev–Trinajstić information content (AvgIpc) is 2.71. The molecule has 0 heterocycles. The number of esters is 1. The van der Waals surface area contributed by atoms with Gasteiger partial charge >= 0.3 is 5.97 Å². The van der Waals surface area contributed by atoms with Gasteiger partial charge in [-0.2, -0.15) is 0 Å². The lowest BCUT2D eigenvalue weighted by Gasteiger charge is -2.14. The van der Waals surface area contributed by atoms with Gasteiger partial charge < -0.3 is 10.1 Å². The quantitative estimate of drug-likeness (QED) is 0.483. The van der Waals surface area contributed by atoms with E-state index in [0.29, 0.717) is 5.56 Å². The van der Waals surface area contributed by atoms with Crippen molar-refractivity contribution in [3.8, 4) is 0 Å². The monoisotopic (exact) mass is 416 g/mol. The van der Waals surface area contributed by atoms with Crippen LogP contribution in [0.3, 0.4) is 0 Å². The molecule has 2 N–H and O–H groups in total. The first kappa shape index (κ1) is 22.3. The van der Waals surface area contributed by atoms with E-state index in [9.17, 15) is 18.0 Å². The Morgan fingerprint density at radius 1 is 1.17 bits per heavy atom. The van der Waals surface area contributed by atoms with E-state index in [4.69, 9.17) is 4.74 Å². The fourth-order valence-corrected chi connectivity index (χ4v) is 3.75. The Kier molecular flexibility index (Phi) is 7.69. The van der Waals surface area contributed by atoms with Gasteiger partial charge in [-0.05, 0) is 37.1 Å². The molecule has 7 nitrogen and oxygen atoms in total. The van der Waals surface area contributed by atoms with Gasteiger partial charge in [0.25, 0.3) is 5.91 Å². The lowest BCUT2D eigenvalue weighted by atomic mass is 10.1. The Bertz CT molecular complexity index is 987. The van der Waals surface area contributed by atoms with Crippen molar-refractivity contribution in [1.82, 2.24) is 10.0 Å². The summed E-state index contributed by atoms with van der Waals surface area (Å²) in [6.07, 6.45) is 0.478. The molecule has 0 bridgehead atoms. The van der Waals surface area contributed by atoms with Gasteiger partial charge in [-0.1, -0.05) is 42.5 Å². The SMILES string of the molecule is C=CCNC(=O)[C@H](C)OC(=O)c1ccc(C)c(S(=O)(=O)NCc2ccccc2)c1. The first-order valence-corrected chi connectivity index (χ1v) is 10.5. The molecular formula is C21H24N2O5S. The van der Waals surface area contributed by atoms with Crippen molar-refractivity contribution in [3.05, 3.63) is 77.9 Å². The summed E-state index contributed by atoms with van der Waals surface area (Å²) in [4.78, 5) is 24.2. The highest BCUT2D eigenvalue weighted by atomic mass is 32.2. The molecule has 0 aliphatic rings. The zero-order chi connectivity index (χ0) is 21.4. The molecule has 1 atom stereocenters. The molecule has 154 valence electrons. The molecule has 2 aromatic rings. The van der Waals surface area contributed by atoms with Crippen molar-refractivity contribution in [2.45, 2.75) is 31.4 Å². The summed E-state index contributed by atoms with van der Waals surface area (Å²) in [6, 6.07) is 13.3. The van der Waals surface area contributed by atoms with Crippen molar-refractivity contribution in [2.75, 3.05) is 6.54 Å². The number of sulfonamides is 1. The van der Waals surface area contributed by atoms with Crippen molar-refractivity contribution in [3.63, 3.8) is 0 Å². The van der Waals surface area contributed by atoms with Crippen LogP contribution in [0.15, 0.2) is 66.1 Å². The molecule has 8 heteroatoms. The average molecular weight is 416 g/mol. The topological polar surface area (TPSA) is 102 Å². The highest BCUT2D eigenvalue weighted by molar-refractivity contribution is 7.89. The van der Waals surface area contributed by atoms with E-state index >= 15 is 0 Å². The minimum atomic E-state index is -3.85. The highest BCUT2D eigenvalue weighted by Crippen LogP contribution is 2.18. The Morgan fingerprint density at radius 2 is 1.86 bits per heavy atom. The number of aryl methyl sites for hydroxylation is 1. The number of benzene rings is 2. The number of carbonyl (C=O) groups excluding carboxylic acids is 2. The maximum Gasteiger partial charge on any atom is 0.338 e. The van der Waals surface area contributed by atoms with Crippen LogP contribution in [0, 0.1) is 6.92 Å². The molecule has 0 aromatic heterocycles. The Labute approximate surface area is 170 Å². The molecule has 0 aliphatic carbocycles. The molecule has 0 fully saturated rings. The lowest BCUT2D eigenvalue weighted by Crippen LogP contribution is -2.35. The van der Waals surface area contributed by atoms with Gasteiger partial charge in [0.1, 0.15) is 0 Å². The van der Waals surface area contributed by atoms with E-state index in [0.717, 1.165) is 5.56 Å². The summed E-state index contributed by atoms with van der Waals surface area (Å²) < 4.78 is 33.1. The molecule has 0 aliphatic heterocycles. The Balaban J connectivity index is 2.14. The normalized spacial score (nSPS) is 12.1. The summed E-state index contributed by atoms with van der Waals surface area (Å²) in [7, 11) is -3.85. The largest absolute Gasteiger partial charge is 0.449 e. The van der Waals surface area contributed by atoms with E-state index in [1.807, 2.05) is 30.3 Å². The van der Waals surface area contributed by atoms with Gasteiger partial charge in [-0.15, -0.1) is 6.58 Å². The molecule has 2 aromatic carbocycles. The third-order valence-corrected chi connectivity index (χ3v) is 5.64. The predicted octanol–water partition coefficient (Wildman–Crippen LogP) is 2.32. The number of hydrogen-bond acceptors (Lipinski definition) is 5. The molecule has 0 saturated heterocycles.